The Labute approximate surface area is 174 Å². The second kappa shape index (κ2) is 8.23. The van der Waals surface area contributed by atoms with Gasteiger partial charge in [0.2, 0.25) is 0 Å². The Kier molecular flexibility index (Phi) is 6.26. The molecule has 0 aromatic heterocycles. The van der Waals surface area contributed by atoms with Crippen LogP contribution in [0, 0.1) is 28.6 Å². The van der Waals surface area contributed by atoms with Gasteiger partial charge in [-0.1, -0.05) is 26.0 Å². The monoisotopic (exact) mass is 404 g/mol. The number of carbonyl (C=O) groups is 3. The third kappa shape index (κ3) is 4.02. The Bertz CT molecular complexity index is 685. The van der Waals surface area contributed by atoms with E-state index in [0.29, 0.717) is 12.8 Å². The second-order valence-electron chi connectivity index (χ2n) is 10.00. The molecule has 3 aliphatic rings. The third-order valence-corrected chi connectivity index (χ3v) is 8.50. The van der Waals surface area contributed by atoms with E-state index in [9.17, 15) is 14.4 Å². The third-order valence-electron chi connectivity index (χ3n) is 8.50. The molecule has 0 radical (unpaired) electrons. The van der Waals surface area contributed by atoms with Crippen LogP contribution in [0.3, 0.4) is 0 Å². The fourth-order valence-electron chi connectivity index (χ4n) is 6.74. The van der Waals surface area contributed by atoms with Gasteiger partial charge in [-0.15, -0.1) is 0 Å². The summed E-state index contributed by atoms with van der Waals surface area (Å²) < 4.78 is 11.5. The molecule has 0 amide bonds. The smallest absolute Gasteiger partial charge is 0.302 e. The van der Waals surface area contributed by atoms with Crippen LogP contribution < -0.4 is 0 Å². The molecule has 0 saturated heterocycles. The summed E-state index contributed by atoms with van der Waals surface area (Å²) in [7, 11) is 0. The molecule has 0 heterocycles. The van der Waals surface area contributed by atoms with Crippen molar-refractivity contribution < 1.29 is 23.9 Å². The van der Waals surface area contributed by atoms with Gasteiger partial charge in [-0.3, -0.25) is 9.59 Å². The zero-order valence-corrected chi connectivity index (χ0v) is 18.4. The molecule has 0 bridgehead atoms. The maximum atomic E-state index is 12.0. The van der Waals surface area contributed by atoms with Crippen molar-refractivity contribution in [1.29, 1.82) is 0 Å². The van der Waals surface area contributed by atoms with Crippen LogP contribution in [0.4, 0.5) is 0 Å². The minimum Gasteiger partial charge on any atom is -0.463 e. The number of rotatable bonds is 5. The highest BCUT2D eigenvalue weighted by Crippen LogP contribution is 2.62. The second-order valence-corrected chi connectivity index (χ2v) is 10.00. The van der Waals surface area contributed by atoms with E-state index in [1.165, 1.54) is 19.4 Å². The van der Waals surface area contributed by atoms with Gasteiger partial charge in [0.25, 0.3) is 0 Å². The Morgan fingerprint density at radius 3 is 2.38 bits per heavy atom. The summed E-state index contributed by atoms with van der Waals surface area (Å²) in [5, 5.41) is 0. The van der Waals surface area contributed by atoms with Crippen LogP contribution in [0.5, 0.6) is 0 Å². The summed E-state index contributed by atoms with van der Waals surface area (Å²) in [5.41, 5.74) is 1.19. The SMILES string of the molecule is C=C1CCC2C(OC(C)=O)C([C@@]3(C)CC[C@H](OC(C)=O)C[C@@H]3CC=O)CCC12C. The minimum atomic E-state index is -0.265. The van der Waals surface area contributed by atoms with Crippen molar-refractivity contribution in [3.63, 3.8) is 0 Å². The summed E-state index contributed by atoms with van der Waals surface area (Å²) >= 11 is 0. The fourth-order valence-corrected chi connectivity index (χ4v) is 6.74. The van der Waals surface area contributed by atoms with E-state index >= 15 is 0 Å². The van der Waals surface area contributed by atoms with Crippen molar-refractivity contribution in [3.05, 3.63) is 12.2 Å². The predicted molar refractivity (Wildman–Crippen MR) is 110 cm³/mol. The van der Waals surface area contributed by atoms with Crippen LogP contribution in [0.1, 0.15) is 79.1 Å². The topological polar surface area (TPSA) is 69.7 Å². The highest BCUT2D eigenvalue weighted by atomic mass is 16.5. The number of fused-ring (bicyclic) bond motifs is 1. The number of esters is 2. The predicted octanol–water partition coefficient (Wildman–Crippen LogP) is 4.63. The van der Waals surface area contributed by atoms with E-state index in [1.54, 1.807) is 0 Å². The molecule has 3 aliphatic carbocycles. The average Bonchev–Trinajstić information content (AvgIpc) is 2.93. The normalized spacial score (nSPS) is 42.1. The van der Waals surface area contributed by atoms with E-state index in [-0.39, 0.29) is 52.7 Å². The Balaban J connectivity index is 1.90. The molecule has 5 heteroatoms. The molecule has 0 spiro atoms. The van der Waals surface area contributed by atoms with Crippen LogP contribution in [0.25, 0.3) is 0 Å². The molecule has 3 rings (SSSR count). The molecule has 5 nitrogen and oxygen atoms in total. The molecular formula is C24H36O5. The van der Waals surface area contributed by atoms with E-state index in [1.807, 2.05) is 0 Å². The maximum Gasteiger partial charge on any atom is 0.302 e. The van der Waals surface area contributed by atoms with Crippen molar-refractivity contribution in [3.8, 4) is 0 Å². The lowest BCUT2D eigenvalue weighted by atomic mass is 9.51. The van der Waals surface area contributed by atoms with Gasteiger partial charge in [0, 0.05) is 32.1 Å². The fraction of sp³-hybridized carbons (Fsp3) is 0.792. The molecule has 0 aliphatic heterocycles. The van der Waals surface area contributed by atoms with Gasteiger partial charge in [0.1, 0.15) is 18.5 Å². The first-order chi connectivity index (χ1) is 13.6. The van der Waals surface area contributed by atoms with E-state index < -0.39 is 0 Å². The van der Waals surface area contributed by atoms with Crippen molar-refractivity contribution in [2.75, 3.05) is 0 Å². The maximum absolute atomic E-state index is 12.0. The summed E-state index contributed by atoms with van der Waals surface area (Å²) in [6.45, 7) is 11.8. The standard InChI is InChI=1S/C24H36O5/c1-15-6-7-20-22(29-17(3)27)21(9-12-23(15,20)4)24(5)11-8-19(28-16(2)26)14-18(24)10-13-25/h13,18-22H,1,6-12,14H2,2-5H3/t18-,19-,20?,21?,22?,23?,24-/m0/s1. The first-order valence-electron chi connectivity index (χ1n) is 11.1. The zero-order chi connectivity index (χ0) is 21.4. The number of allylic oxidation sites excluding steroid dienone is 1. The van der Waals surface area contributed by atoms with Gasteiger partial charge in [0.05, 0.1) is 0 Å². The lowest BCUT2D eigenvalue weighted by Crippen LogP contribution is -2.54. The molecular weight excluding hydrogens is 368 g/mol. The Morgan fingerprint density at radius 2 is 1.76 bits per heavy atom. The largest absolute Gasteiger partial charge is 0.463 e. The molecule has 3 saturated carbocycles. The first kappa shape index (κ1) is 22.0. The molecule has 3 fully saturated rings. The molecule has 4 unspecified atom stereocenters. The van der Waals surface area contributed by atoms with Crippen molar-refractivity contribution in [1.82, 2.24) is 0 Å². The molecule has 0 aromatic carbocycles. The highest BCUT2D eigenvalue weighted by Gasteiger charge is 2.58. The van der Waals surface area contributed by atoms with Crippen LogP contribution in [0.2, 0.25) is 0 Å². The van der Waals surface area contributed by atoms with Crippen LogP contribution in [-0.2, 0) is 23.9 Å². The lowest BCUT2D eigenvalue weighted by Gasteiger charge is -2.56. The quantitative estimate of drug-likeness (QED) is 0.380. The Hall–Kier alpha value is -1.65. The molecule has 29 heavy (non-hydrogen) atoms. The average molecular weight is 405 g/mol. The van der Waals surface area contributed by atoms with Gasteiger partial charge in [-0.25, -0.2) is 0 Å². The summed E-state index contributed by atoms with van der Waals surface area (Å²) in [6, 6.07) is 0. The molecule has 0 aromatic rings. The van der Waals surface area contributed by atoms with Gasteiger partial charge in [-0.2, -0.15) is 0 Å². The van der Waals surface area contributed by atoms with Crippen molar-refractivity contribution in [2.45, 2.75) is 91.3 Å². The molecule has 0 N–H and O–H groups in total. The number of carbonyl (C=O) groups excluding carboxylic acids is 3. The number of ether oxygens (including phenoxy) is 2. The van der Waals surface area contributed by atoms with Gasteiger partial charge < -0.3 is 14.3 Å². The van der Waals surface area contributed by atoms with Crippen molar-refractivity contribution >= 4 is 18.2 Å². The van der Waals surface area contributed by atoms with Crippen molar-refractivity contribution in [2.24, 2.45) is 28.6 Å². The van der Waals surface area contributed by atoms with Crippen LogP contribution >= 0.6 is 0 Å². The van der Waals surface area contributed by atoms with Crippen LogP contribution in [-0.4, -0.2) is 30.4 Å². The van der Waals surface area contributed by atoms with E-state index in [4.69, 9.17) is 9.47 Å². The Morgan fingerprint density at radius 1 is 1.07 bits per heavy atom. The van der Waals surface area contributed by atoms with E-state index in [2.05, 4.69) is 20.4 Å². The zero-order valence-electron chi connectivity index (χ0n) is 18.4. The van der Waals surface area contributed by atoms with Gasteiger partial charge >= 0.3 is 11.9 Å². The van der Waals surface area contributed by atoms with Crippen LogP contribution in [0.15, 0.2) is 12.2 Å². The summed E-state index contributed by atoms with van der Waals surface area (Å²) in [6.07, 6.45) is 7.56. The highest BCUT2D eigenvalue weighted by molar-refractivity contribution is 5.66. The minimum absolute atomic E-state index is 0.0298. The lowest BCUT2D eigenvalue weighted by molar-refractivity contribution is -0.176. The molecule has 162 valence electrons. The molecule has 7 atom stereocenters. The summed E-state index contributed by atoms with van der Waals surface area (Å²) in [4.78, 5) is 35.0. The number of hydrogen-bond acceptors (Lipinski definition) is 5. The van der Waals surface area contributed by atoms with E-state index in [0.717, 1.165) is 44.8 Å². The summed E-state index contributed by atoms with van der Waals surface area (Å²) in [5.74, 6) is 0.122. The van der Waals surface area contributed by atoms with Gasteiger partial charge in [-0.05, 0) is 61.7 Å². The number of aldehydes is 1. The van der Waals surface area contributed by atoms with Gasteiger partial charge in [0.15, 0.2) is 0 Å². The first-order valence-corrected chi connectivity index (χ1v) is 11.1. The number of hydrogen-bond donors (Lipinski definition) is 0.